The van der Waals surface area contributed by atoms with Gasteiger partial charge in [0.25, 0.3) is 0 Å². The number of anilines is 3. The Kier molecular flexibility index (Phi) is 7.53. The molecule has 0 spiro atoms. The van der Waals surface area contributed by atoms with Crippen molar-refractivity contribution in [2.24, 2.45) is 0 Å². The summed E-state index contributed by atoms with van der Waals surface area (Å²) in [6, 6.07) is 79.4. The van der Waals surface area contributed by atoms with E-state index in [1.165, 1.54) is 82.1 Å². The van der Waals surface area contributed by atoms with E-state index in [1.54, 1.807) is 0 Å². The fourth-order valence-electron chi connectivity index (χ4n) is 8.74. The molecule has 0 aliphatic heterocycles. The van der Waals surface area contributed by atoms with E-state index in [0.717, 1.165) is 17.1 Å². The maximum Gasteiger partial charge on any atom is 0.0541 e. The summed E-state index contributed by atoms with van der Waals surface area (Å²) in [4.78, 5) is 2.36. The minimum absolute atomic E-state index is 1.10. The molecule has 0 saturated heterocycles. The van der Waals surface area contributed by atoms with Crippen LogP contribution in [0.15, 0.2) is 218 Å². The van der Waals surface area contributed by atoms with Gasteiger partial charge in [-0.25, -0.2) is 0 Å². The number of benzene rings is 10. The molecule has 0 fully saturated rings. The van der Waals surface area contributed by atoms with Gasteiger partial charge < -0.3 is 9.47 Å². The van der Waals surface area contributed by atoms with Crippen LogP contribution in [0.1, 0.15) is 0 Å². The molecule has 1 aromatic heterocycles. The third-order valence-electron chi connectivity index (χ3n) is 11.3. The molecule has 1 heterocycles. The van der Waals surface area contributed by atoms with Crippen LogP contribution in [0.5, 0.6) is 0 Å². The molecule has 10 aromatic carbocycles. The highest BCUT2D eigenvalue weighted by molar-refractivity contribution is 6.20. The van der Waals surface area contributed by atoms with Crippen LogP contribution in [0.4, 0.5) is 17.1 Å². The zero-order valence-corrected chi connectivity index (χ0v) is 30.7. The van der Waals surface area contributed by atoms with Crippen LogP contribution in [0, 0.1) is 0 Å². The van der Waals surface area contributed by atoms with Crippen LogP contribution in [-0.2, 0) is 0 Å². The number of para-hydroxylation sites is 4. The second-order valence-electron chi connectivity index (χ2n) is 14.5. The van der Waals surface area contributed by atoms with E-state index in [2.05, 4.69) is 228 Å². The molecule has 0 aliphatic rings. The Bertz CT molecular complexity index is 3190. The quantitative estimate of drug-likeness (QED) is 0.156. The SMILES string of the molecule is c1ccc(N(c2ccc(-c3ccccc3-n3c4ccccc4c4ccccc43)cc2)c2cccc(-c3ccc4ccc5ccc6ccccc6c5c4c3)c2)cc1. The Morgan fingerprint density at radius 3 is 1.61 bits per heavy atom. The van der Waals surface area contributed by atoms with Crippen molar-refractivity contribution in [1.82, 2.24) is 4.57 Å². The van der Waals surface area contributed by atoms with E-state index in [1.807, 2.05) is 0 Å². The number of hydrogen-bond acceptors (Lipinski definition) is 1. The summed E-state index contributed by atoms with van der Waals surface area (Å²) in [6.07, 6.45) is 0. The summed E-state index contributed by atoms with van der Waals surface area (Å²) in [5.41, 5.74) is 11.6. The van der Waals surface area contributed by atoms with Crippen molar-refractivity contribution < 1.29 is 0 Å². The van der Waals surface area contributed by atoms with Crippen molar-refractivity contribution in [3.05, 3.63) is 218 Å². The molecule has 0 atom stereocenters. The molecule has 0 amide bonds. The lowest BCUT2D eigenvalue weighted by molar-refractivity contribution is 1.18. The standard InChI is InChI=1S/C54H36N2/c1-2-15-43(16-3-1)55(45-17-12-14-41(35-45)42-30-27-39-26-29-40-28-25-37-13-4-5-19-47(37)54(40)50(39)36-42)44-33-31-38(32-34-44)46-18-6-9-22-51(46)56-52-23-10-7-20-48(52)49-21-8-11-24-53(49)56/h1-36H. The van der Waals surface area contributed by atoms with Crippen LogP contribution >= 0.6 is 0 Å². The molecule has 11 rings (SSSR count). The Morgan fingerprint density at radius 1 is 0.304 bits per heavy atom. The molecule has 11 aromatic rings. The fourth-order valence-corrected chi connectivity index (χ4v) is 8.74. The highest BCUT2D eigenvalue weighted by atomic mass is 15.1. The first-order valence-electron chi connectivity index (χ1n) is 19.3. The molecule has 2 heteroatoms. The van der Waals surface area contributed by atoms with E-state index < -0.39 is 0 Å². The summed E-state index contributed by atoms with van der Waals surface area (Å²) in [6.45, 7) is 0. The molecule has 0 unspecified atom stereocenters. The molecule has 262 valence electrons. The lowest BCUT2D eigenvalue weighted by Crippen LogP contribution is -2.09. The molecule has 0 aliphatic carbocycles. The van der Waals surface area contributed by atoms with E-state index in [9.17, 15) is 0 Å². The lowest BCUT2D eigenvalue weighted by atomic mass is 9.94. The van der Waals surface area contributed by atoms with Crippen molar-refractivity contribution >= 4 is 71.2 Å². The largest absolute Gasteiger partial charge is 0.310 e. The van der Waals surface area contributed by atoms with E-state index >= 15 is 0 Å². The number of fused-ring (bicyclic) bond motifs is 8. The van der Waals surface area contributed by atoms with Gasteiger partial charge in [-0.15, -0.1) is 0 Å². The van der Waals surface area contributed by atoms with Gasteiger partial charge in [0.05, 0.1) is 16.7 Å². The number of nitrogens with zero attached hydrogens (tertiary/aromatic N) is 2. The van der Waals surface area contributed by atoms with Gasteiger partial charge in [-0.1, -0.05) is 158 Å². The number of aromatic nitrogens is 1. The summed E-state index contributed by atoms with van der Waals surface area (Å²) >= 11 is 0. The van der Waals surface area contributed by atoms with E-state index in [4.69, 9.17) is 0 Å². The summed E-state index contributed by atoms with van der Waals surface area (Å²) < 4.78 is 2.41. The highest BCUT2D eigenvalue weighted by Gasteiger charge is 2.17. The number of rotatable bonds is 6. The molecular weight excluding hydrogens is 677 g/mol. The first kappa shape index (κ1) is 32.0. The Labute approximate surface area is 325 Å². The van der Waals surface area contributed by atoms with Gasteiger partial charge >= 0.3 is 0 Å². The van der Waals surface area contributed by atoms with Gasteiger partial charge in [0.2, 0.25) is 0 Å². The van der Waals surface area contributed by atoms with Crippen LogP contribution in [0.2, 0.25) is 0 Å². The maximum absolute atomic E-state index is 2.41. The zero-order valence-electron chi connectivity index (χ0n) is 30.7. The van der Waals surface area contributed by atoms with E-state index in [0.29, 0.717) is 0 Å². The van der Waals surface area contributed by atoms with Gasteiger partial charge in [0, 0.05) is 33.4 Å². The molecule has 0 bridgehead atoms. The fraction of sp³-hybridized carbons (Fsp3) is 0. The van der Waals surface area contributed by atoms with Crippen LogP contribution in [0.3, 0.4) is 0 Å². The summed E-state index contributed by atoms with van der Waals surface area (Å²) in [5, 5.41) is 10.2. The normalized spacial score (nSPS) is 11.6. The van der Waals surface area contributed by atoms with Crippen molar-refractivity contribution in [2.75, 3.05) is 4.90 Å². The first-order chi connectivity index (χ1) is 27.8. The highest BCUT2D eigenvalue weighted by Crippen LogP contribution is 2.41. The van der Waals surface area contributed by atoms with Crippen LogP contribution in [0.25, 0.3) is 82.1 Å². The van der Waals surface area contributed by atoms with Crippen molar-refractivity contribution in [2.45, 2.75) is 0 Å². The predicted octanol–water partition coefficient (Wildman–Crippen LogP) is 15.0. The van der Waals surface area contributed by atoms with Gasteiger partial charge in [0.1, 0.15) is 0 Å². The Balaban J connectivity index is 1.01. The summed E-state index contributed by atoms with van der Waals surface area (Å²) in [7, 11) is 0. The van der Waals surface area contributed by atoms with Gasteiger partial charge in [-0.05, 0) is 110 Å². The van der Waals surface area contributed by atoms with E-state index in [-0.39, 0.29) is 0 Å². The zero-order chi connectivity index (χ0) is 37.0. The van der Waals surface area contributed by atoms with Crippen molar-refractivity contribution in [3.63, 3.8) is 0 Å². The smallest absolute Gasteiger partial charge is 0.0541 e. The van der Waals surface area contributed by atoms with Crippen LogP contribution < -0.4 is 4.90 Å². The number of hydrogen-bond donors (Lipinski definition) is 0. The monoisotopic (exact) mass is 712 g/mol. The first-order valence-corrected chi connectivity index (χ1v) is 19.3. The minimum Gasteiger partial charge on any atom is -0.310 e. The van der Waals surface area contributed by atoms with Crippen LogP contribution in [-0.4, -0.2) is 4.57 Å². The second kappa shape index (κ2) is 13.2. The average Bonchev–Trinajstić information content (AvgIpc) is 3.61. The van der Waals surface area contributed by atoms with Gasteiger partial charge in [-0.3, -0.25) is 0 Å². The maximum atomic E-state index is 2.41. The Morgan fingerprint density at radius 2 is 0.839 bits per heavy atom. The molecule has 0 saturated carbocycles. The molecule has 0 N–H and O–H groups in total. The predicted molar refractivity (Wildman–Crippen MR) is 239 cm³/mol. The molecule has 56 heavy (non-hydrogen) atoms. The lowest BCUT2D eigenvalue weighted by Gasteiger charge is -2.26. The summed E-state index contributed by atoms with van der Waals surface area (Å²) in [5.74, 6) is 0. The van der Waals surface area contributed by atoms with Crippen molar-refractivity contribution in [1.29, 1.82) is 0 Å². The molecular formula is C54H36N2. The van der Waals surface area contributed by atoms with Gasteiger partial charge in [0.15, 0.2) is 0 Å². The minimum atomic E-state index is 1.10. The Hall–Kier alpha value is -7.42. The van der Waals surface area contributed by atoms with Gasteiger partial charge in [-0.2, -0.15) is 0 Å². The third kappa shape index (κ3) is 5.26. The average molecular weight is 713 g/mol. The molecule has 0 radical (unpaired) electrons. The topological polar surface area (TPSA) is 8.17 Å². The third-order valence-corrected chi connectivity index (χ3v) is 11.3. The molecule has 2 nitrogen and oxygen atoms in total. The second-order valence-corrected chi connectivity index (χ2v) is 14.5. The van der Waals surface area contributed by atoms with Crippen molar-refractivity contribution in [3.8, 4) is 27.9 Å².